The Kier molecular flexibility index (Phi) is 3.25. The topological polar surface area (TPSA) is 72.5 Å². The molecule has 0 spiro atoms. The van der Waals surface area contributed by atoms with Crippen molar-refractivity contribution < 1.29 is 4.74 Å². The monoisotopic (exact) mass is 268 g/mol. The number of pyridine rings is 1. The third kappa shape index (κ3) is 2.56. The number of aromatic nitrogens is 1. The van der Waals surface area contributed by atoms with Crippen molar-refractivity contribution in [3.63, 3.8) is 0 Å². The molecular formula is C15H16N4O. The molecule has 3 rings (SSSR count). The molecule has 20 heavy (non-hydrogen) atoms. The lowest BCUT2D eigenvalue weighted by atomic mass is 10.2. The number of anilines is 2. The normalized spacial score (nSPS) is 19.1. The van der Waals surface area contributed by atoms with Gasteiger partial charge in [0, 0.05) is 18.1 Å². The second-order valence-electron chi connectivity index (χ2n) is 4.70. The van der Waals surface area contributed by atoms with E-state index in [1.165, 1.54) is 0 Å². The van der Waals surface area contributed by atoms with E-state index in [4.69, 9.17) is 10.5 Å². The first-order valence-electron chi connectivity index (χ1n) is 6.49. The Bertz CT molecular complexity index is 640. The first-order valence-corrected chi connectivity index (χ1v) is 6.49. The van der Waals surface area contributed by atoms with Crippen molar-refractivity contribution in [3.05, 3.63) is 48.3 Å². The summed E-state index contributed by atoms with van der Waals surface area (Å²) in [4.78, 5) is 8.64. The predicted molar refractivity (Wildman–Crippen MR) is 79.9 cm³/mol. The molecule has 1 aromatic carbocycles. The molecule has 102 valence electrons. The highest BCUT2D eigenvalue weighted by Gasteiger charge is 2.21. The third-order valence-electron chi connectivity index (χ3n) is 3.11. The van der Waals surface area contributed by atoms with E-state index >= 15 is 0 Å². The van der Waals surface area contributed by atoms with E-state index in [0.717, 1.165) is 22.8 Å². The van der Waals surface area contributed by atoms with Crippen molar-refractivity contribution >= 4 is 17.2 Å². The summed E-state index contributed by atoms with van der Waals surface area (Å²) in [6.45, 7) is 2.54. The predicted octanol–water partition coefficient (Wildman–Crippen LogP) is 2.46. The summed E-state index contributed by atoms with van der Waals surface area (Å²) in [6.07, 6.45) is 3.45. The van der Waals surface area contributed by atoms with Crippen LogP contribution in [0.1, 0.15) is 12.5 Å². The molecule has 1 aliphatic heterocycles. The molecule has 2 heterocycles. The summed E-state index contributed by atoms with van der Waals surface area (Å²) in [7, 11) is 0. The van der Waals surface area contributed by atoms with Crippen LogP contribution in [0.4, 0.5) is 11.4 Å². The zero-order chi connectivity index (χ0) is 13.9. The van der Waals surface area contributed by atoms with Gasteiger partial charge in [0.2, 0.25) is 0 Å². The Labute approximate surface area is 117 Å². The number of nitrogens with zero attached hydrogens (tertiary/aromatic N) is 2. The van der Waals surface area contributed by atoms with Crippen LogP contribution in [-0.4, -0.2) is 16.9 Å². The van der Waals surface area contributed by atoms with E-state index in [1.54, 1.807) is 6.20 Å². The lowest BCUT2D eigenvalue weighted by Gasteiger charge is -2.26. The maximum atomic E-state index is 5.82. The van der Waals surface area contributed by atoms with E-state index in [2.05, 4.69) is 15.3 Å². The van der Waals surface area contributed by atoms with Gasteiger partial charge in [-0.2, -0.15) is 0 Å². The van der Waals surface area contributed by atoms with Gasteiger partial charge >= 0.3 is 0 Å². The van der Waals surface area contributed by atoms with Crippen LogP contribution in [0.15, 0.2) is 47.7 Å². The van der Waals surface area contributed by atoms with Crippen molar-refractivity contribution in [1.82, 2.24) is 4.98 Å². The Hall–Kier alpha value is -2.56. The molecule has 1 aliphatic rings. The quantitative estimate of drug-likeness (QED) is 0.821. The van der Waals surface area contributed by atoms with Crippen molar-refractivity contribution in [1.29, 1.82) is 0 Å². The van der Waals surface area contributed by atoms with Gasteiger partial charge in [0.1, 0.15) is 11.6 Å². The number of hydrogen-bond acceptors (Lipinski definition) is 4. The van der Waals surface area contributed by atoms with Gasteiger partial charge in [-0.1, -0.05) is 6.07 Å². The van der Waals surface area contributed by atoms with Crippen molar-refractivity contribution in [3.8, 4) is 5.75 Å². The van der Waals surface area contributed by atoms with Crippen LogP contribution in [-0.2, 0) is 6.54 Å². The first kappa shape index (κ1) is 12.5. The van der Waals surface area contributed by atoms with Crippen LogP contribution in [0.2, 0.25) is 0 Å². The molecule has 1 atom stereocenters. The summed E-state index contributed by atoms with van der Waals surface area (Å²) in [5.41, 5.74) is 8.40. The van der Waals surface area contributed by atoms with E-state index in [9.17, 15) is 0 Å². The van der Waals surface area contributed by atoms with Gasteiger partial charge in [0.05, 0.1) is 12.2 Å². The number of nitrogens with one attached hydrogen (secondary N) is 1. The van der Waals surface area contributed by atoms with Crippen LogP contribution in [0.3, 0.4) is 0 Å². The maximum Gasteiger partial charge on any atom is 0.153 e. The standard InChI is InChI=1S/C15H16N4O/c1-10-15(18-9-11-3-2-6-17-8-11)19-13-7-12(16)4-5-14(13)20-10/h2-8,10H,9,16H2,1H3,(H,18,19). The molecule has 0 amide bonds. The fourth-order valence-corrected chi connectivity index (χ4v) is 2.07. The van der Waals surface area contributed by atoms with Gasteiger partial charge in [-0.05, 0) is 36.8 Å². The highest BCUT2D eigenvalue weighted by Crippen LogP contribution is 2.31. The first-order chi connectivity index (χ1) is 9.72. The molecule has 0 radical (unpaired) electrons. The summed E-state index contributed by atoms with van der Waals surface area (Å²) in [5, 5.41) is 3.28. The number of amidine groups is 1. The number of nitrogens with two attached hydrogens (primary N) is 1. The van der Waals surface area contributed by atoms with Gasteiger partial charge < -0.3 is 15.8 Å². The molecule has 0 bridgehead atoms. The molecule has 0 aliphatic carbocycles. The van der Waals surface area contributed by atoms with Gasteiger partial charge in [0.25, 0.3) is 0 Å². The molecule has 1 aromatic heterocycles. The van der Waals surface area contributed by atoms with Crippen molar-refractivity contribution in [2.45, 2.75) is 19.6 Å². The van der Waals surface area contributed by atoms with E-state index in [-0.39, 0.29) is 6.10 Å². The number of hydrogen-bond donors (Lipinski definition) is 2. The van der Waals surface area contributed by atoms with Gasteiger partial charge in [0.15, 0.2) is 6.10 Å². The Morgan fingerprint density at radius 2 is 2.30 bits per heavy atom. The molecule has 1 unspecified atom stereocenters. The molecule has 5 nitrogen and oxygen atoms in total. The number of aliphatic imine (C=N–C) groups is 1. The highest BCUT2D eigenvalue weighted by atomic mass is 16.5. The van der Waals surface area contributed by atoms with E-state index in [1.807, 2.05) is 43.5 Å². The molecule has 3 N–H and O–H groups in total. The second kappa shape index (κ2) is 5.21. The SMILES string of the molecule is CC1Oc2ccc(N)cc2NC1=NCc1cccnc1. The van der Waals surface area contributed by atoms with Crippen LogP contribution in [0.25, 0.3) is 0 Å². The van der Waals surface area contributed by atoms with E-state index < -0.39 is 0 Å². The zero-order valence-electron chi connectivity index (χ0n) is 11.2. The molecule has 5 heteroatoms. The largest absolute Gasteiger partial charge is 0.481 e. The summed E-state index contributed by atoms with van der Waals surface area (Å²) in [6, 6.07) is 9.44. The fourth-order valence-electron chi connectivity index (χ4n) is 2.07. The Morgan fingerprint density at radius 1 is 1.40 bits per heavy atom. The smallest absolute Gasteiger partial charge is 0.153 e. The van der Waals surface area contributed by atoms with E-state index in [0.29, 0.717) is 12.2 Å². The fraction of sp³-hybridized carbons (Fsp3) is 0.200. The number of ether oxygens (including phenoxy) is 1. The summed E-state index contributed by atoms with van der Waals surface area (Å²) < 4.78 is 5.82. The lowest BCUT2D eigenvalue weighted by Crippen LogP contribution is -2.34. The second-order valence-corrected chi connectivity index (χ2v) is 4.70. The van der Waals surface area contributed by atoms with Crippen LogP contribution >= 0.6 is 0 Å². The minimum atomic E-state index is -0.109. The minimum Gasteiger partial charge on any atom is -0.481 e. The van der Waals surface area contributed by atoms with Crippen molar-refractivity contribution in [2.75, 3.05) is 11.1 Å². The Balaban J connectivity index is 1.81. The van der Waals surface area contributed by atoms with Crippen LogP contribution in [0, 0.1) is 0 Å². The highest BCUT2D eigenvalue weighted by molar-refractivity contribution is 6.02. The summed E-state index contributed by atoms with van der Waals surface area (Å²) in [5.74, 6) is 1.60. The van der Waals surface area contributed by atoms with Crippen molar-refractivity contribution in [2.24, 2.45) is 4.99 Å². The molecule has 0 fully saturated rings. The Morgan fingerprint density at radius 3 is 3.10 bits per heavy atom. The van der Waals surface area contributed by atoms with Gasteiger partial charge in [-0.3, -0.25) is 9.98 Å². The van der Waals surface area contributed by atoms with Gasteiger partial charge in [-0.25, -0.2) is 0 Å². The van der Waals surface area contributed by atoms with Crippen LogP contribution < -0.4 is 15.8 Å². The molecule has 2 aromatic rings. The number of benzene rings is 1. The minimum absolute atomic E-state index is 0.109. The molecule has 0 saturated carbocycles. The number of nitrogen functional groups attached to an aromatic ring is 1. The average molecular weight is 268 g/mol. The van der Waals surface area contributed by atoms with Crippen LogP contribution in [0.5, 0.6) is 5.75 Å². The maximum absolute atomic E-state index is 5.82. The lowest BCUT2D eigenvalue weighted by molar-refractivity contribution is 0.282. The average Bonchev–Trinajstić information content (AvgIpc) is 2.46. The van der Waals surface area contributed by atoms with Gasteiger partial charge in [-0.15, -0.1) is 0 Å². The zero-order valence-corrected chi connectivity index (χ0v) is 11.2. The number of rotatable bonds is 2. The molecular weight excluding hydrogens is 252 g/mol. The molecule has 0 saturated heterocycles. The third-order valence-corrected chi connectivity index (χ3v) is 3.11. The number of fused-ring (bicyclic) bond motifs is 1. The summed E-state index contributed by atoms with van der Waals surface area (Å²) >= 11 is 0.